The Labute approximate surface area is 138 Å². The van der Waals surface area contributed by atoms with Crippen molar-refractivity contribution in [1.82, 2.24) is 14.8 Å². The number of rotatable bonds is 3. The smallest absolute Gasteiger partial charge is 0.228 e. The van der Waals surface area contributed by atoms with Crippen LogP contribution in [0.15, 0.2) is 5.38 Å². The summed E-state index contributed by atoms with van der Waals surface area (Å²) in [6.07, 6.45) is 1.69. The Hall–Kier alpha value is -1.96. The molecular weight excluding hydrogens is 316 g/mol. The lowest BCUT2D eigenvalue weighted by Crippen LogP contribution is -2.50. The average molecular weight is 336 g/mol. The molecule has 0 N–H and O–H groups in total. The van der Waals surface area contributed by atoms with E-state index in [1.807, 2.05) is 5.38 Å². The van der Waals surface area contributed by atoms with Gasteiger partial charge < -0.3 is 9.80 Å². The average Bonchev–Trinajstić information content (AvgIpc) is 3.16. The molecule has 7 nitrogen and oxygen atoms in total. The number of thiazole rings is 1. The zero-order chi connectivity index (χ0) is 16.4. The summed E-state index contributed by atoms with van der Waals surface area (Å²) in [6, 6.07) is 0. The second kappa shape index (κ2) is 6.66. The van der Waals surface area contributed by atoms with Gasteiger partial charge >= 0.3 is 0 Å². The molecule has 2 fully saturated rings. The molecule has 3 amide bonds. The third-order valence-corrected chi connectivity index (χ3v) is 5.17. The number of hydrogen-bond donors (Lipinski definition) is 0. The zero-order valence-corrected chi connectivity index (χ0v) is 14.0. The highest BCUT2D eigenvalue weighted by molar-refractivity contribution is 7.14. The first-order chi connectivity index (χ1) is 11.0. The predicted molar refractivity (Wildman–Crippen MR) is 86.2 cm³/mol. The molecule has 0 saturated carbocycles. The van der Waals surface area contributed by atoms with E-state index in [1.165, 1.54) is 11.3 Å². The van der Waals surface area contributed by atoms with Crippen LogP contribution in [0.3, 0.4) is 0 Å². The number of hydrogen-bond acceptors (Lipinski definition) is 5. The van der Waals surface area contributed by atoms with Gasteiger partial charge in [0.15, 0.2) is 5.13 Å². The van der Waals surface area contributed by atoms with Gasteiger partial charge in [0.2, 0.25) is 17.7 Å². The Kier molecular flexibility index (Phi) is 4.61. The van der Waals surface area contributed by atoms with Crippen molar-refractivity contribution in [3.8, 4) is 0 Å². The first kappa shape index (κ1) is 15.9. The van der Waals surface area contributed by atoms with Crippen LogP contribution in [-0.4, -0.2) is 65.2 Å². The Balaban J connectivity index is 1.55. The molecule has 3 rings (SSSR count). The topological polar surface area (TPSA) is 73.8 Å². The first-order valence-electron chi connectivity index (χ1n) is 7.82. The Bertz CT molecular complexity index is 622. The van der Waals surface area contributed by atoms with Gasteiger partial charge in [0.05, 0.1) is 12.1 Å². The van der Waals surface area contributed by atoms with E-state index in [-0.39, 0.29) is 24.1 Å². The summed E-state index contributed by atoms with van der Waals surface area (Å²) in [4.78, 5) is 45.0. The lowest BCUT2D eigenvalue weighted by Gasteiger charge is -2.34. The maximum atomic E-state index is 12.3. The molecule has 0 unspecified atom stereocenters. The monoisotopic (exact) mass is 336 g/mol. The van der Waals surface area contributed by atoms with E-state index >= 15 is 0 Å². The number of anilines is 1. The SMILES string of the molecule is CC(=O)N1CCN(C(=O)Cc2csc(N3CCCC3=O)n2)CC1. The predicted octanol–water partition coefficient (Wildman–Crippen LogP) is 0.503. The Morgan fingerprint density at radius 3 is 2.48 bits per heavy atom. The zero-order valence-electron chi connectivity index (χ0n) is 13.2. The van der Waals surface area contributed by atoms with Crippen molar-refractivity contribution in [3.05, 3.63) is 11.1 Å². The Morgan fingerprint density at radius 2 is 1.87 bits per heavy atom. The summed E-state index contributed by atoms with van der Waals surface area (Å²) in [7, 11) is 0. The molecule has 23 heavy (non-hydrogen) atoms. The first-order valence-corrected chi connectivity index (χ1v) is 8.70. The van der Waals surface area contributed by atoms with Gasteiger partial charge in [-0.25, -0.2) is 4.98 Å². The molecule has 1 aromatic rings. The number of piperazine rings is 1. The van der Waals surface area contributed by atoms with Crippen LogP contribution in [0.5, 0.6) is 0 Å². The normalized spacial score (nSPS) is 18.7. The van der Waals surface area contributed by atoms with Gasteiger partial charge in [-0.1, -0.05) is 0 Å². The number of aromatic nitrogens is 1. The number of carbonyl (C=O) groups is 3. The van der Waals surface area contributed by atoms with Crippen LogP contribution >= 0.6 is 11.3 Å². The molecule has 1 aromatic heterocycles. The van der Waals surface area contributed by atoms with E-state index in [2.05, 4.69) is 4.98 Å². The minimum absolute atomic E-state index is 0.0257. The maximum absolute atomic E-state index is 12.3. The summed E-state index contributed by atoms with van der Waals surface area (Å²) in [5, 5.41) is 2.54. The van der Waals surface area contributed by atoms with Crippen LogP contribution in [0.2, 0.25) is 0 Å². The molecule has 2 aliphatic rings. The van der Waals surface area contributed by atoms with Gasteiger partial charge in [-0.15, -0.1) is 11.3 Å². The molecule has 0 aliphatic carbocycles. The van der Waals surface area contributed by atoms with Crippen molar-refractivity contribution in [2.24, 2.45) is 0 Å². The fourth-order valence-electron chi connectivity index (χ4n) is 2.89. The molecule has 0 radical (unpaired) electrons. The molecule has 8 heteroatoms. The van der Waals surface area contributed by atoms with Crippen molar-refractivity contribution < 1.29 is 14.4 Å². The molecule has 2 saturated heterocycles. The number of carbonyl (C=O) groups excluding carboxylic acids is 3. The summed E-state index contributed by atoms with van der Waals surface area (Å²) in [5.74, 6) is 0.187. The van der Waals surface area contributed by atoms with E-state index in [4.69, 9.17) is 0 Å². The van der Waals surface area contributed by atoms with Crippen LogP contribution in [0.4, 0.5) is 5.13 Å². The second-order valence-corrected chi connectivity index (χ2v) is 6.67. The van der Waals surface area contributed by atoms with Crippen molar-refractivity contribution in [2.75, 3.05) is 37.6 Å². The highest BCUT2D eigenvalue weighted by atomic mass is 32.1. The Morgan fingerprint density at radius 1 is 1.17 bits per heavy atom. The summed E-state index contributed by atoms with van der Waals surface area (Å²) >= 11 is 1.41. The van der Waals surface area contributed by atoms with Crippen molar-refractivity contribution >= 4 is 34.2 Å². The molecule has 0 atom stereocenters. The molecule has 124 valence electrons. The third-order valence-electron chi connectivity index (χ3n) is 4.25. The minimum Gasteiger partial charge on any atom is -0.339 e. The molecular formula is C15H20N4O3S. The van der Waals surface area contributed by atoms with E-state index < -0.39 is 0 Å². The third kappa shape index (κ3) is 3.52. The van der Waals surface area contributed by atoms with Crippen LogP contribution in [0, 0.1) is 0 Å². The molecule has 0 bridgehead atoms. The van der Waals surface area contributed by atoms with E-state index in [9.17, 15) is 14.4 Å². The lowest BCUT2D eigenvalue weighted by molar-refractivity contribution is -0.138. The molecule has 0 aromatic carbocycles. The van der Waals surface area contributed by atoms with Gasteiger partial charge in [-0.05, 0) is 6.42 Å². The highest BCUT2D eigenvalue weighted by Gasteiger charge is 2.26. The largest absolute Gasteiger partial charge is 0.339 e. The maximum Gasteiger partial charge on any atom is 0.228 e. The highest BCUT2D eigenvalue weighted by Crippen LogP contribution is 2.25. The number of amides is 3. The fourth-order valence-corrected chi connectivity index (χ4v) is 3.76. The van der Waals surface area contributed by atoms with Crippen LogP contribution < -0.4 is 4.90 Å². The second-order valence-electron chi connectivity index (χ2n) is 5.83. The standard InChI is InChI=1S/C15H20N4O3S/c1-11(20)17-5-7-18(8-6-17)14(22)9-12-10-23-15(16-12)19-4-2-3-13(19)21/h10H,2-9H2,1H3. The fraction of sp³-hybridized carbons (Fsp3) is 0.600. The van der Waals surface area contributed by atoms with Gasteiger partial charge in [0.25, 0.3) is 0 Å². The van der Waals surface area contributed by atoms with Gasteiger partial charge in [0.1, 0.15) is 0 Å². The minimum atomic E-state index is 0.0257. The molecule has 2 aliphatic heterocycles. The lowest BCUT2D eigenvalue weighted by atomic mass is 10.2. The van der Waals surface area contributed by atoms with Gasteiger partial charge in [-0.2, -0.15) is 0 Å². The summed E-state index contributed by atoms with van der Waals surface area (Å²) in [6.45, 7) is 4.58. The van der Waals surface area contributed by atoms with Crippen LogP contribution in [0.1, 0.15) is 25.5 Å². The van der Waals surface area contributed by atoms with Crippen molar-refractivity contribution in [2.45, 2.75) is 26.2 Å². The van der Waals surface area contributed by atoms with E-state index in [1.54, 1.807) is 21.6 Å². The van der Waals surface area contributed by atoms with E-state index in [0.717, 1.165) is 6.42 Å². The molecule has 0 spiro atoms. The van der Waals surface area contributed by atoms with Crippen molar-refractivity contribution in [3.63, 3.8) is 0 Å². The van der Waals surface area contributed by atoms with Crippen LogP contribution in [-0.2, 0) is 20.8 Å². The van der Waals surface area contributed by atoms with Gasteiger partial charge in [-0.3, -0.25) is 19.3 Å². The number of nitrogens with zero attached hydrogens (tertiary/aromatic N) is 4. The van der Waals surface area contributed by atoms with E-state index in [0.29, 0.717) is 50.0 Å². The quantitative estimate of drug-likeness (QED) is 0.806. The van der Waals surface area contributed by atoms with Gasteiger partial charge in [0, 0.05) is 51.4 Å². The molecule has 3 heterocycles. The summed E-state index contributed by atoms with van der Waals surface area (Å²) < 4.78 is 0. The van der Waals surface area contributed by atoms with Crippen molar-refractivity contribution in [1.29, 1.82) is 0 Å². The summed E-state index contributed by atoms with van der Waals surface area (Å²) in [5.41, 5.74) is 0.712. The van der Waals surface area contributed by atoms with Crippen LogP contribution in [0.25, 0.3) is 0 Å².